The highest BCUT2D eigenvalue weighted by atomic mass is 79.9. The summed E-state index contributed by atoms with van der Waals surface area (Å²) < 4.78 is 7.25. The third kappa shape index (κ3) is 2.97. The van der Waals surface area contributed by atoms with E-state index in [0.717, 1.165) is 23.9 Å². The maximum atomic E-state index is 6.10. The quantitative estimate of drug-likeness (QED) is 0.854. The first-order chi connectivity index (χ1) is 9.17. The lowest BCUT2D eigenvalue weighted by Gasteiger charge is -2.39. The van der Waals surface area contributed by atoms with Gasteiger partial charge in [0.2, 0.25) is 0 Å². The molecule has 1 spiro atoms. The molecule has 3 heteroatoms. The van der Waals surface area contributed by atoms with E-state index in [1.165, 1.54) is 36.9 Å². The Kier molecular flexibility index (Phi) is 3.86. The number of benzene rings is 1. The summed E-state index contributed by atoms with van der Waals surface area (Å²) in [6.45, 7) is 3.04. The Morgan fingerprint density at radius 1 is 1.32 bits per heavy atom. The summed E-state index contributed by atoms with van der Waals surface area (Å²) in [5.74, 6) is 0. The lowest BCUT2D eigenvalue weighted by atomic mass is 9.89. The summed E-state index contributed by atoms with van der Waals surface area (Å²) in [6, 6.07) is 7.03. The van der Waals surface area contributed by atoms with E-state index in [2.05, 4.69) is 46.4 Å². The molecule has 0 amide bonds. The average molecular weight is 324 g/mol. The maximum Gasteiger partial charge on any atom is 0.0702 e. The number of rotatable bonds is 2. The average Bonchev–Trinajstić information content (AvgIpc) is 2.82. The summed E-state index contributed by atoms with van der Waals surface area (Å²) >= 11 is 3.64. The number of aryl methyl sites for hydroxylation is 1. The van der Waals surface area contributed by atoms with Gasteiger partial charge in [-0.3, -0.25) is 0 Å². The highest BCUT2D eigenvalue weighted by molar-refractivity contribution is 9.10. The molecular weight excluding hydrogens is 302 g/mol. The van der Waals surface area contributed by atoms with Gasteiger partial charge in [0.25, 0.3) is 0 Å². The molecule has 1 saturated heterocycles. The summed E-state index contributed by atoms with van der Waals surface area (Å²) in [6.07, 6.45) is 7.44. The zero-order valence-electron chi connectivity index (χ0n) is 11.5. The van der Waals surface area contributed by atoms with Crippen LogP contribution in [0.5, 0.6) is 0 Å². The summed E-state index contributed by atoms with van der Waals surface area (Å²) in [7, 11) is 0. The molecule has 2 aliphatic rings. The van der Waals surface area contributed by atoms with Gasteiger partial charge < -0.3 is 10.1 Å². The van der Waals surface area contributed by atoms with Gasteiger partial charge in [0.05, 0.1) is 5.60 Å². The summed E-state index contributed by atoms with van der Waals surface area (Å²) in [5.41, 5.74) is 2.71. The van der Waals surface area contributed by atoms with E-state index < -0.39 is 0 Å². The summed E-state index contributed by atoms with van der Waals surface area (Å²) in [4.78, 5) is 0. The van der Waals surface area contributed by atoms with Gasteiger partial charge in [0.15, 0.2) is 0 Å². The van der Waals surface area contributed by atoms with E-state index in [1.807, 2.05) is 0 Å². The molecule has 3 rings (SSSR count). The first-order valence-electron chi connectivity index (χ1n) is 7.34. The van der Waals surface area contributed by atoms with Crippen LogP contribution in [0, 0.1) is 6.92 Å². The highest BCUT2D eigenvalue weighted by Crippen LogP contribution is 2.41. The van der Waals surface area contributed by atoms with Crippen molar-refractivity contribution in [1.82, 2.24) is 0 Å². The van der Waals surface area contributed by atoms with Crippen LogP contribution in [0.15, 0.2) is 22.7 Å². The predicted molar refractivity (Wildman–Crippen MR) is 82.7 cm³/mol. The minimum Gasteiger partial charge on any atom is -0.381 e. The molecule has 104 valence electrons. The number of hydrogen-bond donors (Lipinski definition) is 1. The van der Waals surface area contributed by atoms with Crippen LogP contribution in [0.1, 0.15) is 44.1 Å². The van der Waals surface area contributed by atoms with E-state index in [-0.39, 0.29) is 5.60 Å². The molecule has 1 aliphatic carbocycles. The van der Waals surface area contributed by atoms with Crippen molar-refractivity contribution in [2.45, 2.75) is 57.1 Å². The molecule has 1 heterocycles. The standard InChI is InChI=1S/C16H22BrNO/c1-12-4-5-14(17)15(10-12)18-13-6-9-19-16(11-13)7-2-3-8-16/h4-5,10,13,18H,2-3,6-9,11H2,1H3. The highest BCUT2D eigenvalue weighted by Gasteiger charge is 2.39. The van der Waals surface area contributed by atoms with E-state index in [1.54, 1.807) is 0 Å². The molecule has 0 aromatic heterocycles. The predicted octanol–water partition coefficient (Wildman–Crippen LogP) is 4.66. The Bertz CT molecular complexity index is 454. The molecule has 0 bridgehead atoms. The summed E-state index contributed by atoms with van der Waals surface area (Å²) in [5, 5.41) is 3.71. The fraction of sp³-hybridized carbons (Fsp3) is 0.625. The molecule has 0 radical (unpaired) electrons. The first-order valence-corrected chi connectivity index (χ1v) is 8.13. The second-order valence-corrected chi connectivity index (χ2v) is 6.91. The van der Waals surface area contributed by atoms with Gasteiger partial charge in [-0.05, 0) is 66.2 Å². The number of ether oxygens (including phenoxy) is 1. The lowest BCUT2D eigenvalue weighted by Crippen LogP contribution is -2.42. The molecule has 2 nitrogen and oxygen atoms in total. The second kappa shape index (κ2) is 5.45. The number of hydrogen-bond acceptors (Lipinski definition) is 2. The van der Waals surface area contributed by atoms with E-state index in [9.17, 15) is 0 Å². The number of nitrogens with one attached hydrogen (secondary N) is 1. The van der Waals surface area contributed by atoms with Gasteiger partial charge >= 0.3 is 0 Å². The van der Waals surface area contributed by atoms with Crippen LogP contribution in [0.2, 0.25) is 0 Å². The van der Waals surface area contributed by atoms with Crippen LogP contribution in [0.3, 0.4) is 0 Å². The topological polar surface area (TPSA) is 21.3 Å². The molecule has 1 aromatic rings. The van der Waals surface area contributed by atoms with Gasteiger partial charge in [-0.1, -0.05) is 18.9 Å². The molecule has 1 N–H and O–H groups in total. The van der Waals surface area contributed by atoms with Crippen LogP contribution >= 0.6 is 15.9 Å². The molecular formula is C16H22BrNO. The smallest absolute Gasteiger partial charge is 0.0702 e. The largest absolute Gasteiger partial charge is 0.381 e. The fourth-order valence-electron chi connectivity index (χ4n) is 3.49. The van der Waals surface area contributed by atoms with Gasteiger partial charge in [-0.2, -0.15) is 0 Å². The Morgan fingerprint density at radius 2 is 2.11 bits per heavy atom. The molecule has 1 aromatic carbocycles. The van der Waals surface area contributed by atoms with Gasteiger partial charge in [0, 0.05) is 22.8 Å². The minimum absolute atomic E-state index is 0.187. The third-order valence-corrected chi connectivity index (χ3v) is 5.18. The van der Waals surface area contributed by atoms with Crippen molar-refractivity contribution in [3.8, 4) is 0 Å². The zero-order valence-corrected chi connectivity index (χ0v) is 13.1. The van der Waals surface area contributed by atoms with Gasteiger partial charge in [-0.25, -0.2) is 0 Å². The van der Waals surface area contributed by atoms with Crippen molar-refractivity contribution < 1.29 is 4.74 Å². The third-order valence-electron chi connectivity index (χ3n) is 4.49. The van der Waals surface area contributed by atoms with Crippen molar-refractivity contribution in [2.75, 3.05) is 11.9 Å². The normalized spacial score (nSPS) is 25.7. The Labute approximate surface area is 124 Å². The monoisotopic (exact) mass is 323 g/mol. The SMILES string of the molecule is Cc1ccc(Br)c(NC2CCOC3(CCCC3)C2)c1. The van der Waals surface area contributed by atoms with Crippen molar-refractivity contribution in [1.29, 1.82) is 0 Å². The van der Waals surface area contributed by atoms with Gasteiger partial charge in [0.1, 0.15) is 0 Å². The minimum atomic E-state index is 0.187. The van der Waals surface area contributed by atoms with Crippen molar-refractivity contribution in [2.24, 2.45) is 0 Å². The van der Waals surface area contributed by atoms with Crippen LogP contribution < -0.4 is 5.32 Å². The van der Waals surface area contributed by atoms with Crippen LogP contribution in [-0.4, -0.2) is 18.2 Å². The zero-order chi connectivity index (χ0) is 13.3. The second-order valence-electron chi connectivity index (χ2n) is 6.06. The lowest BCUT2D eigenvalue weighted by molar-refractivity contribution is -0.0767. The molecule has 1 saturated carbocycles. The van der Waals surface area contributed by atoms with E-state index >= 15 is 0 Å². The molecule has 1 atom stereocenters. The van der Waals surface area contributed by atoms with Crippen molar-refractivity contribution in [3.63, 3.8) is 0 Å². The van der Waals surface area contributed by atoms with Crippen LogP contribution in [0.4, 0.5) is 5.69 Å². The molecule has 2 fully saturated rings. The molecule has 19 heavy (non-hydrogen) atoms. The molecule has 1 aliphatic heterocycles. The molecule has 1 unspecified atom stereocenters. The van der Waals surface area contributed by atoms with Crippen LogP contribution in [0.25, 0.3) is 0 Å². The maximum absolute atomic E-state index is 6.10. The Hall–Kier alpha value is -0.540. The number of anilines is 1. The Balaban J connectivity index is 1.70. The van der Waals surface area contributed by atoms with E-state index in [4.69, 9.17) is 4.74 Å². The fourth-order valence-corrected chi connectivity index (χ4v) is 3.85. The Morgan fingerprint density at radius 3 is 2.89 bits per heavy atom. The van der Waals surface area contributed by atoms with Crippen LogP contribution in [-0.2, 0) is 4.74 Å². The van der Waals surface area contributed by atoms with Crippen molar-refractivity contribution >= 4 is 21.6 Å². The first kappa shape index (κ1) is 13.4. The van der Waals surface area contributed by atoms with Gasteiger partial charge in [-0.15, -0.1) is 0 Å². The van der Waals surface area contributed by atoms with E-state index in [0.29, 0.717) is 6.04 Å². The number of halogens is 1. The van der Waals surface area contributed by atoms with Crippen molar-refractivity contribution in [3.05, 3.63) is 28.2 Å².